The highest BCUT2D eigenvalue weighted by Crippen LogP contribution is 2.21. The summed E-state index contributed by atoms with van der Waals surface area (Å²) in [6, 6.07) is 12.2. The smallest absolute Gasteiger partial charge is 0.363 e. The van der Waals surface area contributed by atoms with E-state index in [1.54, 1.807) is 30.3 Å². The van der Waals surface area contributed by atoms with Crippen molar-refractivity contribution in [2.45, 2.75) is 6.92 Å². The van der Waals surface area contributed by atoms with Gasteiger partial charge in [-0.05, 0) is 42.0 Å². The predicted octanol–water partition coefficient (Wildman–Crippen LogP) is 3.10. The molecule has 0 unspecified atom stereocenters. The minimum Gasteiger partial charge on any atom is -0.427 e. The summed E-state index contributed by atoms with van der Waals surface area (Å²) in [6.07, 6.45) is 1.53. The summed E-state index contributed by atoms with van der Waals surface area (Å²) in [6.45, 7) is 1.31. The lowest BCUT2D eigenvalue weighted by atomic mass is 10.2. The van der Waals surface area contributed by atoms with Crippen LogP contribution in [0.25, 0.3) is 6.08 Å². The van der Waals surface area contributed by atoms with Gasteiger partial charge < -0.3 is 9.47 Å². The van der Waals surface area contributed by atoms with E-state index in [4.69, 9.17) is 9.47 Å². The number of cyclic esters (lactones) is 1. The lowest BCUT2D eigenvalue weighted by Gasteiger charge is -2.00. The van der Waals surface area contributed by atoms with Gasteiger partial charge in [0.15, 0.2) is 5.70 Å². The Morgan fingerprint density at radius 3 is 2.62 bits per heavy atom. The largest absolute Gasteiger partial charge is 0.427 e. The Balaban J connectivity index is 1.84. The molecule has 120 valence electrons. The normalized spacial score (nSPS) is 15.2. The number of halogens is 1. The molecule has 0 saturated carbocycles. The molecule has 0 amide bonds. The average Bonchev–Trinajstić information content (AvgIpc) is 2.90. The third-order valence-corrected chi connectivity index (χ3v) is 3.14. The topological polar surface area (TPSA) is 65.0 Å². The minimum absolute atomic E-state index is 0.0577. The van der Waals surface area contributed by atoms with Crippen LogP contribution in [0.4, 0.5) is 4.39 Å². The van der Waals surface area contributed by atoms with Crippen LogP contribution in [-0.2, 0) is 14.3 Å². The third kappa shape index (κ3) is 3.55. The molecule has 0 N–H and O–H groups in total. The molecule has 6 heteroatoms. The number of esters is 2. The molecule has 0 spiro atoms. The van der Waals surface area contributed by atoms with Crippen LogP contribution in [0.5, 0.6) is 5.75 Å². The van der Waals surface area contributed by atoms with Gasteiger partial charge in [-0.1, -0.05) is 18.2 Å². The van der Waals surface area contributed by atoms with E-state index in [2.05, 4.69) is 4.99 Å². The first-order chi connectivity index (χ1) is 11.5. The molecule has 5 nitrogen and oxygen atoms in total. The van der Waals surface area contributed by atoms with Crippen LogP contribution in [-0.4, -0.2) is 17.8 Å². The number of aliphatic imine (C=N–C) groups is 1. The summed E-state index contributed by atoms with van der Waals surface area (Å²) >= 11 is 0. The van der Waals surface area contributed by atoms with Gasteiger partial charge in [-0.15, -0.1) is 0 Å². The molecular formula is C18H12FNO4. The van der Waals surface area contributed by atoms with Crippen LogP contribution < -0.4 is 4.74 Å². The van der Waals surface area contributed by atoms with Gasteiger partial charge in [-0.3, -0.25) is 4.79 Å². The van der Waals surface area contributed by atoms with Gasteiger partial charge in [0.2, 0.25) is 5.90 Å². The maximum absolute atomic E-state index is 13.2. The fraction of sp³-hybridized carbons (Fsp3) is 0.0556. The van der Waals surface area contributed by atoms with Crippen molar-refractivity contribution >= 4 is 23.9 Å². The second kappa shape index (κ2) is 6.45. The second-order valence-corrected chi connectivity index (χ2v) is 5.01. The first kappa shape index (κ1) is 15.6. The molecule has 1 aliphatic rings. The van der Waals surface area contributed by atoms with Gasteiger partial charge in [0.25, 0.3) is 0 Å². The Hall–Kier alpha value is -3.28. The lowest BCUT2D eigenvalue weighted by Crippen LogP contribution is -2.05. The zero-order valence-electron chi connectivity index (χ0n) is 12.7. The first-order valence-corrected chi connectivity index (χ1v) is 7.08. The molecule has 0 atom stereocenters. The zero-order chi connectivity index (χ0) is 17.1. The van der Waals surface area contributed by atoms with E-state index in [1.807, 2.05) is 0 Å². The number of hydrogen-bond donors (Lipinski definition) is 0. The highest BCUT2D eigenvalue weighted by atomic mass is 19.1. The van der Waals surface area contributed by atoms with Crippen LogP contribution >= 0.6 is 0 Å². The average molecular weight is 325 g/mol. The van der Waals surface area contributed by atoms with E-state index in [0.29, 0.717) is 16.9 Å². The molecule has 1 aliphatic heterocycles. The third-order valence-electron chi connectivity index (χ3n) is 3.14. The number of rotatable bonds is 3. The summed E-state index contributed by atoms with van der Waals surface area (Å²) in [5.74, 6) is -1.00. The summed E-state index contributed by atoms with van der Waals surface area (Å²) in [5, 5.41) is 0. The molecule has 3 rings (SSSR count). The van der Waals surface area contributed by atoms with Crippen molar-refractivity contribution in [2.24, 2.45) is 4.99 Å². The maximum atomic E-state index is 13.2. The molecule has 0 saturated heterocycles. The van der Waals surface area contributed by atoms with Gasteiger partial charge in [-0.2, -0.15) is 0 Å². The molecule has 2 aromatic rings. The molecular weight excluding hydrogens is 313 g/mol. The molecule has 0 aromatic heterocycles. The van der Waals surface area contributed by atoms with Crippen molar-refractivity contribution in [2.75, 3.05) is 0 Å². The van der Waals surface area contributed by atoms with E-state index in [0.717, 1.165) is 0 Å². The first-order valence-electron chi connectivity index (χ1n) is 7.08. The molecule has 0 aliphatic carbocycles. The van der Waals surface area contributed by atoms with Gasteiger partial charge >= 0.3 is 11.9 Å². The van der Waals surface area contributed by atoms with Crippen molar-refractivity contribution in [1.29, 1.82) is 0 Å². The van der Waals surface area contributed by atoms with Gasteiger partial charge in [-0.25, -0.2) is 14.2 Å². The fourth-order valence-electron chi connectivity index (χ4n) is 2.11. The molecule has 0 fully saturated rings. The monoisotopic (exact) mass is 325 g/mol. The summed E-state index contributed by atoms with van der Waals surface area (Å²) in [7, 11) is 0. The van der Waals surface area contributed by atoms with Crippen LogP contribution in [0.3, 0.4) is 0 Å². The molecule has 24 heavy (non-hydrogen) atoms. The van der Waals surface area contributed by atoms with Crippen molar-refractivity contribution in [3.63, 3.8) is 0 Å². The molecule has 2 aromatic carbocycles. The number of hydrogen-bond acceptors (Lipinski definition) is 5. The lowest BCUT2D eigenvalue weighted by molar-refractivity contribution is -0.132. The number of nitrogens with zero attached hydrogens (tertiary/aromatic N) is 1. The van der Waals surface area contributed by atoms with E-state index >= 15 is 0 Å². The Morgan fingerprint density at radius 1 is 1.21 bits per heavy atom. The SMILES string of the molecule is CC(=O)Oc1ccc(/C=C2\N=C(c3cccc(F)c3)OC2=O)cc1. The molecule has 1 heterocycles. The standard InChI is InChI=1S/C18H12FNO4/c1-11(21)23-15-7-5-12(6-8-15)9-16-18(22)24-17(20-16)13-3-2-4-14(19)10-13/h2-10H,1H3/b16-9-. The Morgan fingerprint density at radius 2 is 1.96 bits per heavy atom. The van der Waals surface area contributed by atoms with Crippen molar-refractivity contribution in [3.8, 4) is 5.75 Å². The van der Waals surface area contributed by atoms with Crippen LogP contribution in [0, 0.1) is 5.82 Å². The van der Waals surface area contributed by atoms with Gasteiger partial charge in [0, 0.05) is 12.5 Å². The highest BCUT2D eigenvalue weighted by Gasteiger charge is 2.24. The van der Waals surface area contributed by atoms with Crippen molar-refractivity contribution < 1.29 is 23.5 Å². The second-order valence-electron chi connectivity index (χ2n) is 5.01. The van der Waals surface area contributed by atoms with E-state index in [-0.39, 0.29) is 11.6 Å². The Labute approximate surface area is 137 Å². The van der Waals surface area contributed by atoms with Crippen molar-refractivity contribution in [3.05, 3.63) is 71.2 Å². The quantitative estimate of drug-likeness (QED) is 0.494. The van der Waals surface area contributed by atoms with E-state index in [9.17, 15) is 14.0 Å². The minimum atomic E-state index is -0.613. The maximum Gasteiger partial charge on any atom is 0.363 e. The van der Waals surface area contributed by atoms with Gasteiger partial charge in [0.1, 0.15) is 11.6 Å². The van der Waals surface area contributed by atoms with E-state index in [1.165, 1.54) is 31.2 Å². The fourth-order valence-corrected chi connectivity index (χ4v) is 2.11. The summed E-state index contributed by atoms with van der Waals surface area (Å²) < 4.78 is 23.2. The van der Waals surface area contributed by atoms with Crippen LogP contribution in [0.15, 0.2) is 59.2 Å². The summed E-state index contributed by atoms with van der Waals surface area (Å²) in [5.41, 5.74) is 1.17. The Bertz CT molecular complexity index is 869. The van der Waals surface area contributed by atoms with Crippen LogP contribution in [0.2, 0.25) is 0 Å². The van der Waals surface area contributed by atoms with Crippen molar-refractivity contribution in [1.82, 2.24) is 0 Å². The van der Waals surface area contributed by atoms with Crippen LogP contribution in [0.1, 0.15) is 18.1 Å². The molecule has 0 bridgehead atoms. The number of benzene rings is 2. The number of carbonyl (C=O) groups is 2. The Kier molecular flexibility index (Phi) is 4.20. The number of carbonyl (C=O) groups excluding carboxylic acids is 2. The zero-order valence-corrected chi connectivity index (χ0v) is 12.7. The highest BCUT2D eigenvalue weighted by molar-refractivity contribution is 6.12. The predicted molar refractivity (Wildman–Crippen MR) is 84.8 cm³/mol. The molecule has 0 radical (unpaired) electrons. The summed E-state index contributed by atoms with van der Waals surface area (Å²) in [4.78, 5) is 26.9. The van der Waals surface area contributed by atoms with Gasteiger partial charge in [0.05, 0.1) is 0 Å². The van der Waals surface area contributed by atoms with E-state index < -0.39 is 17.8 Å². The number of ether oxygens (including phenoxy) is 2.